The van der Waals surface area contributed by atoms with Crippen LogP contribution in [0.1, 0.15) is 45.7 Å². The number of hydrogen-bond donors (Lipinski definition) is 0. The number of halogens is 2. The zero-order valence-electron chi connectivity index (χ0n) is 17.8. The van der Waals surface area contributed by atoms with Gasteiger partial charge in [0.05, 0.1) is 6.04 Å². The Morgan fingerprint density at radius 1 is 1.19 bits per heavy atom. The van der Waals surface area contributed by atoms with Crippen molar-refractivity contribution < 1.29 is 14.0 Å². The summed E-state index contributed by atoms with van der Waals surface area (Å²) in [4.78, 5) is 31.2. The first-order chi connectivity index (χ1) is 15.5. The van der Waals surface area contributed by atoms with Crippen LogP contribution < -0.4 is 0 Å². The summed E-state index contributed by atoms with van der Waals surface area (Å²) in [6.07, 6.45) is 1.48. The van der Waals surface area contributed by atoms with Crippen LogP contribution in [0.25, 0.3) is 0 Å². The Labute approximate surface area is 196 Å². The van der Waals surface area contributed by atoms with Crippen LogP contribution in [-0.2, 0) is 11.2 Å². The minimum absolute atomic E-state index is 0.0489. The molecule has 4 rings (SSSR count). The zero-order chi connectivity index (χ0) is 22.7. The number of thiophene rings is 1. The van der Waals surface area contributed by atoms with Crippen LogP contribution in [0.4, 0.5) is 4.39 Å². The monoisotopic (exact) mass is 470 g/mol. The van der Waals surface area contributed by atoms with Crippen molar-refractivity contribution in [2.45, 2.75) is 25.8 Å². The molecule has 2 aromatic carbocycles. The number of benzene rings is 2. The van der Waals surface area contributed by atoms with E-state index in [-0.39, 0.29) is 30.0 Å². The topological polar surface area (TPSA) is 40.6 Å². The number of hydrogen-bond acceptors (Lipinski definition) is 3. The molecule has 0 saturated heterocycles. The van der Waals surface area contributed by atoms with Crippen molar-refractivity contribution in [1.82, 2.24) is 9.80 Å². The molecule has 2 amide bonds. The summed E-state index contributed by atoms with van der Waals surface area (Å²) in [6.45, 7) is 2.90. The summed E-state index contributed by atoms with van der Waals surface area (Å²) in [7, 11) is 0. The van der Waals surface area contributed by atoms with Gasteiger partial charge in [-0.1, -0.05) is 36.7 Å². The van der Waals surface area contributed by atoms with Crippen molar-refractivity contribution in [3.63, 3.8) is 0 Å². The molecule has 0 spiro atoms. The SMILES string of the molecule is CCCN(CC(=O)N1CCc2sccc2C1c1ccc(Cl)cc1)C(=O)c1cccc(F)c1. The van der Waals surface area contributed by atoms with E-state index in [9.17, 15) is 14.0 Å². The maximum atomic E-state index is 13.7. The highest BCUT2D eigenvalue weighted by molar-refractivity contribution is 7.10. The molecule has 0 bridgehead atoms. The van der Waals surface area contributed by atoms with Gasteiger partial charge in [-0.2, -0.15) is 0 Å². The molecule has 0 aliphatic carbocycles. The lowest BCUT2D eigenvalue weighted by Crippen LogP contribution is -2.47. The summed E-state index contributed by atoms with van der Waals surface area (Å²) in [5.74, 6) is -0.932. The van der Waals surface area contributed by atoms with Gasteiger partial charge in [0.2, 0.25) is 5.91 Å². The van der Waals surface area contributed by atoms with Crippen LogP contribution in [0.5, 0.6) is 0 Å². The fourth-order valence-electron chi connectivity index (χ4n) is 4.17. The van der Waals surface area contributed by atoms with Crippen molar-refractivity contribution in [3.05, 3.63) is 92.4 Å². The summed E-state index contributed by atoms with van der Waals surface area (Å²) >= 11 is 7.79. The van der Waals surface area contributed by atoms with E-state index in [2.05, 4.69) is 11.4 Å². The molecule has 3 aromatic rings. The second-order valence-corrected chi connectivity index (χ2v) is 9.26. The number of carbonyl (C=O) groups is 2. The number of carbonyl (C=O) groups excluding carboxylic acids is 2. The Balaban J connectivity index is 1.61. The van der Waals surface area contributed by atoms with E-state index >= 15 is 0 Å². The third-order valence-corrected chi connectivity index (χ3v) is 6.90. The van der Waals surface area contributed by atoms with Crippen molar-refractivity contribution in [2.75, 3.05) is 19.6 Å². The van der Waals surface area contributed by atoms with Crippen LogP contribution >= 0.6 is 22.9 Å². The van der Waals surface area contributed by atoms with E-state index in [1.165, 1.54) is 28.0 Å². The molecular formula is C25H24ClFN2O2S. The Kier molecular flexibility index (Phi) is 6.92. The second-order valence-electron chi connectivity index (χ2n) is 7.83. The predicted molar refractivity (Wildman–Crippen MR) is 126 cm³/mol. The van der Waals surface area contributed by atoms with E-state index in [1.807, 2.05) is 36.1 Å². The zero-order valence-corrected chi connectivity index (χ0v) is 19.3. The minimum Gasteiger partial charge on any atom is -0.330 e. The van der Waals surface area contributed by atoms with Gasteiger partial charge in [-0.15, -0.1) is 11.3 Å². The molecule has 1 aliphatic heterocycles. The first-order valence-electron chi connectivity index (χ1n) is 10.6. The highest BCUT2D eigenvalue weighted by Crippen LogP contribution is 2.38. The van der Waals surface area contributed by atoms with Crippen molar-refractivity contribution in [2.24, 2.45) is 0 Å². The maximum Gasteiger partial charge on any atom is 0.254 e. The quantitative estimate of drug-likeness (QED) is 0.472. The van der Waals surface area contributed by atoms with Gasteiger partial charge in [0.1, 0.15) is 12.4 Å². The van der Waals surface area contributed by atoms with Crippen LogP contribution in [0.2, 0.25) is 5.02 Å². The van der Waals surface area contributed by atoms with Crippen molar-refractivity contribution in [3.8, 4) is 0 Å². The van der Waals surface area contributed by atoms with Gasteiger partial charge in [0.25, 0.3) is 5.91 Å². The van der Waals surface area contributed by atoms with Gasteiger partial charge in [0.15, 0.2) is 0 Å². The van der Waals surface area contributed by atoms with Gasteiger partial charge in [-0.05, 0) is 65.7 Å². The van der Waals surface area contributed by atoms with Crippen LogP contribution in [0.3, 0.4) is 0 Å². The minimum atomic E-state index is -0.470. The van der Waals surface area contributed by atoms with E-state index in [0.29, 0.717) is 24.5 Å². The molecule has 32 heavy (non-hydrogen) atoms. The summed E-state index contributed by atoms with van der Waals surface area (Å²) in [6, 6.07) is 15.0. The van der Waals surface area contributed by atoms with Gasteiger partial charge >= 0.3 is 0 Å². The third-order valence-electron chi connectivity index (χ3n) is 5.65. The van der Waals surface area contributed by atoms with E-state index in [0.717, 1.165) is 17.5 Å². The van der Waals surface area contributed by atoms with Crippen molar-refractivity contribution >= 4 is 34.8 Å². The van der Waals surface area contributed by atoms with Crippen LogP contribution in [-0.4, -0.2) is 41.2 Å². The van der Waals surface area contributed by atoms with Crippen LogP contribution in [0.15, 0.2) is 60.0 Å². The Bertz CT molecular complexity index is 1120. The lowest BCUT2D eigenvalue weighted by Gasteiger charge is -2.37. The normalized spacial score (nSPS) is 15.3. The van der Waals surface area contributed by atoms with Gasteiger partial charge in [-0.25, -0.2) is 4.39 Å². The van der Waals surface area contributed by atoms with Crippen molar-refractivity contribution in [1.29, 1.82) is 0 Å². The summed E-state index contributed by atoms with van der Waals surface area (Å²) < 4.78 is 13.7. The third kappa shape index (κ3) is 4.71. The molecule has 7 heteroatoms. The van der Waals surface area contributed by atoms with Gasteiger partial charge < -0.3 is 9.80 Å². The fourth-order valence-corrected chi connectivity index (χ4v) is 5.20. The highest BCUT2D eigenvalue weighted by atomic mass is 35.5. The average Bonchev–Trinajstić information content (AvgIpc) is 3.27. The molecule has 0 N–H and O–H groups in total. The molecule has 1 aromatic heterocycles. The molecule has 2 heterocycles. The Hall–Kier alpha value is -2.70. The fraction of sp³-hybridized carbons (Fsp3) is 0.280. The first kappa shape index (κ1) is 22.5. The van der Waals surface area contributed by atoms with E-state index < -0.39 is 5.82 Å². The molecule has 0 fully saturated rings. The standard InChI is InChI=1S/C25H24ClFN2O2S/c1-2-12-28(25(31)18-4-3-5-20(27)15-18)16-23(30)29-13-10-22-21(11-14-32-22)24(29)17-6-8-19(26)9-7-17/h3-9,11,14-15,24H,2,10,12-13,16H2,1H3. The number of fused-ring (bicyclic) bond motifs is 1. The highest BCUT2D eigenvalue weighted by Gasteiger charge is 2.34. The average molecular weight is 471 g/mol. The van der Waals surface area contributed by atoms with E-state index in [4.69, 9.17) is 11.6 Å². The number of nitrogens with zero attached hydrogens (tertiary/aromatic N) is 2. The largest absolute Gasteiger partial charge is 0.330 e. The lowest BCUT2D eigenvalue weighted by molar-refractivity contribution is -0.134. The summed E-state index contributed by atoms with van der Waals surface area (Å²) in [5.41, 5.74) is 2.36. The lowest BCUT2D eigenvalue weighted by atomic mass is 9.93. The van der Waals surface area contributed by atoms with Crippen LogP contribution in [0, 0.1) is 5.82 Å². The number of rotatable bonds is 6. The maximum absolute atomic E-state index is 13.7. The summed E-state index contributed by atoms with van der Waals surface area (Å²) in [5, 5.41) is 2.70. The van der Waals surface area contributed by atoms with Gasteiger partial charge in [-0.3, -0.25) is 9.59 Å². The number of amides is 2. The first-order valence-corrected chi connectivity index (χ1v) is 11.9. The predicted octanol–water partition coefficient (Wildman–Crippen LogP) is 5.57. The smallest absolute Gasteiger partial charge is 0.254 e. The molecule has 1 aliphatic rings. The molecular weight excluding hydrogens is 447 g/mol. The Morgan fingerprint density at radius 2 is 1.97 bits per heavy atom. The molecule has 166 valence electrons. The van der Waals surface area contributed by atoms with E-state index in [1.54, 1.807) is 17.4 Å². The van der Waals surface area contributed by atoms with Gasteiger partial charge in [0, 0.05) is 28.6 Å². The Morgan fingerprint density at radius 3 is 2.69 bits per heavy atom. The molecule has 0 radical (unpaired) electrons. The molecule has 1 unspecified atom stereocenters. The molecule has 1 atom stereocenters. The second kappa shape index (κ2) is 9.84. The molecule has 4 nitrogen and oxygen atoms in total. The molecule has 0 saturated carbocycles.